The Morgan fingerprint density at radius 1 is 1.09 bits per heavy atom. The fourth-order valence-electron chi connectivity index (χ4n) is 8.99. The summed E-state index contributed by atoms with van der Waals surface area (Å²) in [7, 11) is -4.39. The van der Waals surface area contributed by atoms with Crippen molar-refractivity contribution in [3.05, 3.63) is 23.3 Å². The molecule has 0 aromatic rings. The fourth-order valence-corrected chi connectivity index (χ4v) is 9.50. The number of hydrogen-bond donors (Lipinski definition) is 1. The quantitative estimate of drug-likeness (QED) is 0.306. The van der Waals surface area contributed by atoms with Gasteiger partial charge in [-0.25, -0.2) is 4.18 Å². The van der Waals surface area contributed by atoms with Crippen LogP contribution in [0.15, 0.2) is 23.3 Å². The molecule has 4 rings (SSSR count). The largest absolute Gasteiger partial charge is 0.397 e. The van der Waals surface area contributed by atoms with Crippen molar-refractivity contribution < 1.29 is 17.2 Å². The molecule has 3 fully saturated rings. The van der Waals surface area contributed by atoms with E-state index in [4.69, 9.17) is 8.74 Å². The smallest absolute Gasteiger partial charge is 0.264 e. The Balaban J connectivity index is 1.52. The Morgan fingerprint density at radius 3 is 2.44 bits per heavy atom. The maximum atomic E-state index is 11.3. The first-order chi connectivity index (χ1) is 15.8. The molecule has 0 heterocycles. The van der Waals surface area contributed by atoms with Crippen LogP contribution >= 0.6 is 0 Å². The number of rotatable bonds is 6. The molecule has 34 heavy (non-hydrogen) atoms. The predicted octanol–water partition coefficient (Wildman–Crippen LogP) is 7.63. The van der Waals surface area contributed by atoms with Crippen LogP contribution < -0.4 is 0 Å². The summed E-state index contributed by atoms with van der Waals surface area (Å²) in [6.45, 7) is 16.9. The van der Waals surface area contributed by atoms with Gasteiger partial charge >= 0.3 is 10.4 Å². The van der Waals surface area contributed by atoms with Crippen LogP contribution in [0.1, 0.15) is 99.8 Å². The van der Waals surface area contributed by atoms with Crippen molar-refractivity contribution in [2.45, 2.75) is 106 Å². The number of hydrogen-bond acceptors (Lipinski definition) is 3. The van der Waals surface area contributed by atoms with Gasteiger partial charge in [0.2, 0.25) is 0 Å². The van der Waals surface area contributed by atoms with Crippen LogP contribution in [-0.2, 0) is 14.6 Å². The summed E-state index contributed by atoms with van der Waals surface area (Å²) >= 11 is 0. The molecule has 5 heteroatoms. The van der Waals surface area contributed by atoms with Crippen LogP contribution in [0.3, 0.4) is 0 Å². The number of allylic oxidation sites excluding steroid dienone is 3. The third kappa shape index (κ3) is 4.70. The van der Waals surface area contributed by atoms with Gasteiger partial charge in [0, 0.05) is 0 Å². The minimum Gasteiger partial charge on any atom is -0.264 e. The van der Waals surface area contributed by atoms with Gasteiger partial charge in [-0.3, -0.25) is 4.55 Å². The maximum Gasteiger partial charge on any atom is 0.397 e. The molecule has 0 aromatic heterocycles. The summed E-state index contributed by atoms with van der Waals surface area (Å²) in [6.07, 6.45) is 13.3. The monoisotopic (exact) mass is 492 g/mol. The third-order valence-electron chi connectivity index (χ3n) is 11.3. The van der Waals surface area contributed by atoms with Crippen molar-refractivity contribution in [2.24, 2.45) is 52.3 Å². The van der Waals surface area contributed by atoms with Crippen LogP contribution in [0.5, 0.6) is 0 Å². The van der Waals surface area contributed by atoms with Crippen LogP contribution in [0.2, 0.25) is 0 Å². The zero-order chi connectivity index (χ0) is 25.1. The van der Waals surface area contributed by atoms with Gasteiger partial charge in [-0.15, -0.1) is 0 Å². The Bertz CT molecular complexity index is 934. The van der Waals surface area contributed by atoms with Gasteiger partial charge in [-0.2, -0.15) is 8.42 Å². The Morgan fingerprint density at radius 2 is 1.79 bits per heavy atom. The summed E-state index contributed by atoms with van der Waals surface area (Å²) < 4.78 is 36.7. The summed E-state index contributed by atoms with van der Waals surface area (Å²) in [6, 6.07) is 0. The first kappa shape index (κ1) is 26.4. The molecule has 0 saturated heterocycles. The van der Waals surface area contributed by atoms with Gasteiger partial charge in [-0.05, 0) is 111 Å². The lowest BCUT2D eigenvalue weighted by atomic mass is 9.47. The topological polar surface area (TPSA) is 63.6 Å². The molecule has 0 bridgehead atoms. The molecule has 1 N–H and O–H groups in total. The van der Waals surface area contributed by atoms with E-state index < -0.39 is 16.5 Å². The molecular formula is C29H48O4S. The van der Waals surface area contributed by atoms with Crippen LogP contribution in [0.25, 0.3) is 0 Å². The van der Waals surface area contributed by atoms with E-state index in [0.717, 1.165) is 30.6 Å². The lowest BCUT2D eigenvalue weighted by Crippen LogP contribution is -2.51. The second kappa shape index (κ2) is 9.34. The van der Waals surface area contributed by atoms with Gasteiger partial charge in [0.1, 0.15) is 0 Å². The van der Waals surface area contributed by atoms with Crippen molar-refractivity contribution in [2.75, 3.05) is 0 Å². The minimum atomic E-state index is -4.39. The van der Waals surface area contributed by atoms with Crippen LogP contribution in [-0.4, -0.2) is 19.1 Å². The molecule has 4 nitrogen and oxygen atoms in total. The van der Waals surface area contributed by atoms with Crippen molar-refractivity contribution in [1.29, 1.82) is 0 Å². The maximum absolute atomic E-state index is 11.3. The normalized spacial score (nSPS) is 42.4. The average molecular weight is 493 g/mol. The van der Waals surface area contributed by atoms with E-state index in [0.29, 0.717) is 41.9 Å². The molecule has 0 unspecified atom stereocenters. The molecule has 3 saturated carbocycles. The van der Waals surface area contributed by atoms with E-state index in [1.54, 1.807) is 5.57 Å². The zero-order valence-corrected chi connectivity index (χ0v) is 23.3. The minimum absolute atomic E-state index is 0.149. The van der Waals surface area contributed by atoms with Crippen LogP contribution in [0, 0.1) is 52.3 Å². The Labute approximate surface area is 209 Å². The average Bonchev–Trinajstić information content (AvgIpc) is 3.09. The van der Waals surface area contributed by atoms with E-state index >= 15 is 0 Å². The van der Waals surface area contributed by atoms with Crippen molar-refractivity contribution in [3.63, 3.8) is 0 Å². The first-order valence-corrected chi connectivity index (χ1v) is 15.2. The van der Waals surface area contributed by atoms with Gasteiger partial charge in [0.05, 0.1) is 6.10 Å². The SMILES string of the molecule is C/C(=C\[C@@H](C)[C@H]1CC[C@H]2[C@@H]3CC=C4C[C@@H](OS(=O)(=O)O)CC[C@]4(C)[C@H]3CC[C@]12C)[C@H](C)C(C)C. The second-order valence-corrected chi connectivity index (χ2v) is 14.2. The highest BCUT2D eigenvalue weighted by molar-refractivity contribution is 7.80. The Hall–Kier alpha value is -0.650. The first-order valence-electron chi connectivity index (χ1n) is 13.8. The molecule has 4 aliphatic carbocycles. The van der Waals surface area contributed by atoms with Crippen molar-refractivity contribution in [1.82, 2.24) is 0 Å². The van der Waals surface area contributed by atoms with Gasteiger partial charge in [0.15, 0.2) is 0 Å². The lowest BCUT2D eigenvalue weighted by molar-refractivity contribution is -0.0527. The predicted molar refractivity (Wildman–Crippen MR) is 139 cm³/mol. The van der Waals surface area contributed by atoms with Crippen molar-refractivity contribution in [3.8, 4) is 0 Å². The standard InChI is InChI=1S/C29H48O4S/c1-18(2)21(5)19(3)16-20(4)25-10-11-26-24-9-8-22-17-23(33-34(30,31)32)12-14-28(22,6)27(24)13-15-29(25,26)7/h8,16,18,20-21,23-27H,9-15,17H2,1-7H3,(H,30,31,32)/b19-16+/t20-,21-,23+,24+,25-,26+,27+,28+,29-/m1/s1. The summed E-state index contributed by atoms with van der Waals surface area (Å²) in [5.41, 5.74) is 3.51. The van der Waals surface area contributed by atoms with Crippen molar-refractivity contribution >= 4 is 10.4 Å². The highest BCUT2D eigenvalue weighted by Gasteiger charge is 2.59. The highest BCUT2D eigenvalue weighted by atomic mass is 32.3. The van der Waals surface area contributed by atoms with E-state index in [1.807, 2.05) is 0 Å². The second-order valence-electron chi connectivity index (χ2n) is 13.2. The van der Waals surface area contributed by atoms with Crippen LogP contribution in [0.4, 0.5) is 0 Å². The summed E-state index contributed by atoms with van der Waals surface area (Å²) in [4.78, 5) is 0. The highest BCUT2D eigenvalue weighted by Crippen LogP contribution is 2.67. The zero-order valence-electron chi connectivity index (χ0n) is 22.5. The van der Waals surface area contributed by atoms with E-state index in [9.17, 15) is 8.42 Å². The molecule has 0 amide bonds. The van der Waals surface area contributed by atoms with E-state index in [1.165, 1.54) is 31.3 Å². The molecular weight excluding hydrogens is 444 g/mol. The van der Waals surface area contributed by atoms with Gasteiger partial charge < -0.3 is 0 Å². The fraction of sp³-hybridized carbons (Fsp3) is 0.862. The molecule has 9 atom stereocenters. The molecule has 0 spiro atoms. The molecule has 194 valence electrons. The lowest BCUT2D eigenvalue weighted by Gasteiger charge is -2.58. The van der Waals surface area contributed by atoms with Gasteiger partial charge in [-0.1, -0.05) is 64.8 Å². The van der Waals surface area contributed by atoms with Gasteiger partial charge in [0.25, 0.3) is 0 Å². The summed E-state index contributed by atoms with van der Waals surface area (Å²) in [5, 5.41) is 0. The third-order valence-corrected chi connectivity index (χ3v) is 11.8. The molecule has 0 aromatic carbocycles. The molecule has 0 aliphatic heterocycles. The Kier molecular flexibility index (Phi) is 7.25. The molecule has 4 aliphatic rings. The summed E-state index contributed by atoms with van der Waals surface area (Å²) in [5.74, 6) is 4.94. The van der Waals surface area contributed by atoms with E-state index in [-0.39, 0.29) is 5.41 Å². The molecule has 0 radical (unpaired) electrons. The number of fused-ring (bicyclic) bond motifs is 5. The van der Waals surface area contributed by atoms with E-state index in [2.05, 4.69) is 60.6 Å².